The van der Waals surface area contributed by atoms with E-state index in [0.29, 0.717) is 6.04 Å². The maximum Gasteiger partial charge on any atom is 0.287 e. The van der Waals surface area contributed by atoms with Crippen molar-refractivity contribution in [2.24, 2.45) is 0 Å². The largest absolute Gasteiger partial charge is 0.355 e. The Labute approximate surface area is 106 Å². The van der Waals surface area contributed by atoms with Crippen LogP contribution in [0.25, 0.3) is 0 Å². The first-order valence-electron chi connectivity index (χ1n) is 6.14. The minimum Gasteiger partial charge on any atom is -0.355 e. The van der Waals surface area contributed by atoms with Gasteiger partial charge in [0.15, 0.2) is 0 Å². The molecule has 1 aromatic rings. The fourth-order valence-electron chi connectivity index (χ4n) is 2.36. The fraction of sp³-hybridized carbons (Fsp3) is 0.583. The number of nitrogens with one attached hydrogen (secondary N) is 1. The summed E-state index contributed by atoms with van der Waals surface area (Å²) < 4.78 is 0. The zero-order chi connectivity index (χ0) is 13.1. The van der Waals surface area contributed by atoms with Crippen LogP contribution in [0.5, 0.6) is 0 Å². The van der Waals surface area contributed by atoms with Gasteiger partial charge in [-0.25, -0.2) is 4.98 Å². The van der Waals surface area contributed by atoms with E-state index in [2.05, 4.69) is 15.2 Å². The third-order valence-corrected chi connectivity index (χ3v) is 3.40. The van der Waals surface area contributed by atoms with Crippen molar-refractivity contribution in [3.8, 4) is 0 Å². The first kappa shape index (κ1) is 12.8. The highest BCUT2D eigenvalue weighted by Crippen LogP contribution is 2.23. The van der Waals surface area contributed by atoms with E-state index in [1.54, 1.807) is 6.07 Å². The second-order valence-electron chi connectivity index (χ2n) is 4.70. The molecule has 0 saturated carbocycles. The maximum absolute atomic E-state index is 10.7. The van der Waals surface area contributed by atoms with E-state index in [1.807, 2.05) is 14.0 Å². The Hall–Kier alpha value is -1.69. The predicted octanol–water partition coefficient (Wildman–Crippen LogP) is 1.49. The van der Waals surface area contributed by atoms with Crippen molar-refractivity contribution in [3.05, 3.63) is 27.9 Å². The number of nitro groups is 1. The Morgan fingerprint density at radius 3 is 2.94 bits per heavy atom. The third-order valence-electron chi connectivity index (χ3n) is 3.40. The molecule has 0 aromatic carbocycles. The Balaban J connectivity index is 2.19. The number of hydrogen-bond acceptors (Lipinski definition) is 5. The summed E-state index contributed by atoms with van der Waals surface area (Å²) in [6.07, 6.45) is 3.61. The number of piperidine rings is 1. The number of anilines is 1. The monoisotopic (exact) mass is 250 g/mol. The first-order valence-corrected chi connectivity index (χ1v) is 6.14. The number of pyridine rings is 1. The van der Waals surface area contributed by atoms with Crippen LogP contribution in [0.1, 0.15) is 18.4 Å². The van der Waals surface area contributed by atoms with Gasteiger partial charge >= 0.3 is 0 Å². The van der Waals surface area contributed by atoms with Crippen molar-refractivity contribution in [1.82, 2.24) is 10.3 Å². The van der Waals surface area contributed by atoms with Crippen molar-refractivity contribution in [1.29, 1.82) is 0 Å². The molecule has 1 unspecified atom stereocenters. The highest BCUT2D eigenvalue weighted by Gasteiger charge is 2.21. The van der Waals surface area contributed by atoms with Crippen molar-refractivity contribution in [2.75, 3.05) is 25.0 Å². The normalized spacial score (nSPS) is 19.6. The summed E-state index contributed by atoms with van der Waals surface area (Å²) in [4.78, 5) is 16.6. The van der Waals surface area contributed by atoms with Crippen molar-refractivity contribution in [2.45, 2.75) is 25.8 Å². The molecule has 0 radical (unpaired) electrons. The fourth-order valence-corrected chi connectivity index (χ4v) is 2.36. The van der Waals surface area contributed by atoms with E-state index in [0.717, 1.165) is 37.3 Å². The Morgan fingerprint density at radius 2 is 2.39 bits per heavy atom. The molecule has 1 N–H and O–H groups in total. The van der Waals surface area contributed by atoms with Crippen LogP contribution < -0.4 is 10.2 Å². The Bertz CT molecular complexity index is 444. The minimum atomic E-state index is -0.411. The SMILES string of the molecule is Cc1cc([N+](=O)[O-])cnc1N(C)C1CCCNC1. The lowest BCUT2D eigenvalue weighted by Gasteiger charge is -2.33. The van der Waals surface area contributed by atoms with Crippen molar-refractivity contribution in [3.63, 3.8) is 0 Å². The average molecular weight is 250 g/mol. The predicted molar refractivity (Wildman–Crippen MR) is 69.9 cm³/mol. The van der Waals surface area contributed by atoms with Gasteiger partial charge in [-0.1, -0.05) is 0 Å². The molecule has 1 atom stereocenters. The van der Waals surface area contributed by atoms with Crippen LogP contribution in [0.4, 0.5) is 11.5 Å². The van der Waals surface area contributed by atoms with E-state index in [9.17, 15) is 10.1 Å². The minimum absolute atomic E-state index is 0.0476. The number of nitrogens with zero attached hydrogens (tertiary/aromatic N) is 3. The lowest BCUT2D eigenvalue weighted by molar-refractivity contribution is -0.385. The highest BCUT2D eigenvalue weighted by atomic mass is 16.6. The summed E-state index contributed by atoms with van der Waals surface area (Å²) in [6.45, 7) is 3.87. The summed E-state index contributed by atoms with van der Waals surface area (Å²) in [5, 5.41) is 14.0. The molecule has 98 valence electrons. The molecule has 0 bridgehead atoms. The van der Waals surface area contributed by atoms with Gasteiger partial charge < -0.3 is 10.2 Å². The third kappa shape index (κ3) is 2.59. The van der Waals surface area contributed by atoms with E-state index in [1.165, 1.54) is 6.20 Å². The molecule has 18 heavy (non-hydrogen) atoms. The second-order valence-corrected chi connectivity index (χ2v) is 4.70. The van der Waals surface area contributed by atoms with Crippen LogP contribution in [-0.2, 0) is 0 Å². The zero-order valence-corrected chi connectivity index (χ0v) is 10.7. The summed E-state index contributed by atoms with van der Waals surface area (Å²) in [7, 11) is 2.00. The number of rotatable bonds is 3. The molecule has 1 saturated heterocycles. The van der Waals surface area contributed by atoms with Crippen molar-refractivity contribution >= 4 is 11.5 Å². The van der Waals surface area contributed by atoms with Gasteiger partial charge in [0.05, 0.1) is 4.92 Å². The Kier molecular flexibility index (Phi) is 3.76. The molecule has 1 aromatic heterocycles. The standard InChI is InChI=1S/C12H18N4O2/c1-9-6-11(16(17)18)8-14-12(9)15(2)10-4-3-5-13-7-10/h6,8,10,13H,3-5,7H2,1-2H3. The summed E-state index contributed by atoms with van der Waals surface area (Å²) in [5.74, 6) is 0.828. The number of aryl methyl sites for hydroxylation is 1. The van der Waals surface area contributed by atoms with E-state index >= 15 is 0 Å². The van der Waals surface area contributed by atoms with Crippen LogP contribution in [0.3, 0.4) is 0 Å². The lowest BCUT2D eigenvalue weighted by atomic mass is 10.1. The van der Waals surface area contributed by atoms with E-state index in [4.69, 9.17) is 0 Å². The smallest absolute Gasteiger partial charge is 0.287 e. The molecule has 1 aliphatic rings. The lowest BCUT2D eigenvalue weighted by Crippen LogP contribution is -2.44. The molecular formula is C12H18N4O2. The van der Waals surface area contributed by atoms with Gasteiger partial charge in [-0.15, -0.1) is 0 Å². The van der Waals surface area contributed by atoms with E-state index in [-0.39, 0.29) is 5.69 Å². The Morgan fingerprint density at radius 1 is 1.61 bits per heavy atom. The maximum atomic E-state index is 10.7. The van der Waals surface area contributed by atoms with Gasteiger partial charge in [0.25, 0.3) is 5.69 Å². The van der Waals surface area contributed by atoms with Crippen LogP contribution in [0.2, 0.25) is 0 Å². The molecule has 0 aliphatic carbocycles. The van der Waals surface area contributed by atoms with Crippen LogP contribution in [0.15, 0.2) is 12.3 Å². The highest BCUT2D eigenvalue weighted by molar-refractivity contribution is 5.50. The van der Waals surface area contributed by atoms with Gasteiger partial charge in [0.1, 0.15) is 12.0 Å². The summed E-state index contributed by atoms with van der Waals surface area (Å²) >= 11 is 0. The van der Waals surface area contributed by atoms with Gasteiger partial charge in [-0.3, -0.25) is 10.1 Å². The molecule has 1 fully saturated rings. The molecule has 0 amide bonds. The average Bonchev–Trinajstić information content (AvgIpc) is 2.38. The number of aromatic nitrogens is 1. The quantitative estimate of drug-likeness (QED) is 0.650. The van der Waals surface area contributed by atoms with Gasteiger partial charge in [-0.2, -0.15) is 0 Å². The molecule has 6 heteroatoms. The molecule has 2 heterocycles. The van der Waals surface area contributed by atoms with Crippen LogP contribution in [-0.4, -0.2) is 36.1 Å². The van der Waals surface area contributed by atoms with Crippen LogP contribution >= 0.6 is 0 Å². The summed E-state index contributed by atoms with van der Waals surface area (Å²) in [5.41, 5.74) is 0.892. The molecular weight excluding hydrogens is 232 g/mol. The molecule has 2 rings (SSSR count). The van der Waals surface area contributed by atoms with Crippen LogP contribution in [0, 0.1) is 17.0 Å². The zero-order valence-electron chi connectivity index (χ0n) is 10.7. The summed E-state index contributed by atoms with van der Waals surface area (Å²) in [6, 6.07) is 1.99. The van der Waals surface area contributed by atoms with E-state index < -0.39 is 4.92 Å². The second kappa shape index (κ2) is 5.30. The van der Waals surface area contributed by atoms with Gasteiger partial charge in [-0.05, 0) is 31.9 Å². The number of likely N-dealkylation sites (N-methyl/N-ethyl adjacent to an activating group) is 1. The molecule has 1 aliphatic heterocycles. The number of hydrogen-bond donors (Lipinski definition) is 1. The van der Waals surface area contributed by atoms with Gasteiger partial charge in [0, 0.05) is 25.7 Å². The molecule has 6 nitrogen and oxygen atoms in total. The molecule has 0 spiro atoms. The first-order chi connectivity index (χ1) is 8.59. The van der Waals surface area contributed by atoms with Gasteiger partial charge in [0.2, 0.25) is 0 Å². The topological polar surface area (TPSA) is 71.3 Å². The van der Waals surface area contributed by atoms with Crippen molar-refractivity contribution < 1.29 is 4.92 Å².